The number of nitrogens with zero attached hydrogens (tertiary/aromatic N) is 1. The van der Waals surface area contributed by atoms with Crippen LogP contribution in [0, 0.1) is 0 Å². The van der Waals surface area contributed by atoms with Crippen LogP contribution in [0.15, 0.2) is 18.2 Å². The zero-order valence-electron chi connectivity index (χ0n) is 11.6. The highest BCUT2D eigenvalue weighted by Crippen LogP contribution is 2.21. The molecule has 5 nitrogen and oxygen atoms in total. The van der Waals surface area contributed by atoms with Crippen LogP contribution in [0.5, 0.6) is 0 Å². The zero-order valence-corrected chi connectivity index (χ0v) is 11.6. The summed E-state index contributed by atoms with van der Waals surface area (Å²) >= 11 is 0. The van der Waals surface area contributed by atoms with Crippen molar-refractivity contribution in [1.29, 1.82) is 0 Å². The Morgan fingerprint density at radius 1 is 1.25 bits per heavy atom. The highest BCUT2D eigenvalue weighted by atomic mass is 16.2. The lowest BCUT2D eigenvalue weighted by molar-refractivity contribution is 0.0879. The molecule has 1 fully saturated rings. The van der Waals surface area contributed by atoms with Gasteiger partial charge in [-0.3, -0.25) is 14.9 Å². The normalized spacial score (nSPS) is 22.6. The molecule has 3 rings (SSSR count). The number of carbonyl (C=O) groups excluding carboxylic acids is 2. The van der Waals surface area contributed by atoms with Gasteiger partial charge in [0.2, 0.25) is 0 Å². The molecule has 5 heteroatoms. The van der Waals surface area contributed by atoms with E-state index in [0.717, 1.165) is 18.8 Å². The Kier molecular flexibility index (Phi) is 3.44. The van der Waals surface area contributed by atoms with Crippen molar-refractivity contribution in [1.82, 2.24) is 10.2 Å². The maximum Gasteiger partial charge on any atom is 0.259 e. The molecule has 0 spiro atoms. The van der Waals surface area contributed by atoms with Crippen LogP contribution in [-0.2, 0) is 0 Å². The number of nitrogens with one attached hydrogen (secondary N) is 2. The molecule has 106 valence electrons. The number of anilines is 1. The summed E-state index contributed by atoms with van der Waals surface area (Å²) < 4.78 is 0. The number of rotatable bonds is 3. The van der Waals surface area contributed by atoms with Crippen LogP contribution in [0.2, 0.25) is 0 Å². The van der Waals surface area contributed by atoms with Gasteiger partial charge >= 0.3 is 0 Å². The maximum absolute atomic E-state index is 11.6. The molecule has 0 saturated carbocycles. The minimum absolute atomic E-state index is 0.302. The van der Waals surface area contributed by atoms with Crippen molar-refractivity contribution >= 4 is 17.5 Å². The number of imide groups is 1. The minimum Gasteiger partial charge on any atom is -0.383 e. The van der Waals surface area contributed by atoms with Crippen LogP contribution in [0.1, 0.15) is 40.0 Å². The summed E-state index contributed by atoms with van der Waals surface area (Å²) in [6, 6.07) is 5.87. The van der Waals surface area contributed by atoms with Gasteiger partial charge in [-0.1, -0.05) is 6.42 Å². The number of fused-ring (bicyclic) bond motifs is 1. The molecule has 2 amide bonds. The van der Waals surface area contributed by atoms with Gasteiger partial charge in [0.05, 0.1) is 11.1 Å². The molecule has 2 aliphatic heterocycles. The minimum atomic E-state index is -0.302. The Hall–Kier alpha value is -1.88. The first-order valence-electron chi connectivity index (χ1n) is 7.09. The first-order valence-corrected chi connectivity index (χ1v) is 7.09. The highest BCUT2D eigenvalue weighted by Gasteiger charge is 2.26. The Bertz CT molecular complexity index is 556. The Morgan fingerprint density at radius 3 is 2.85 bits per heavy atom. The number of amides is 2. The van der Waals surface area contributed by atoms with Gasteiger partial charge in [-0.05, 0) is 44.6 Å². The van der Waals surface area contributed by atoms with Crippen LogP contribution >= 0.6 is 0 Å². The predicted molar refractivity (Wildman–Crippen MR) is 77.0 cm³/mol. The molecule has 1 aromatic rings. The van der Waals surface area contributed by atoms with E-state index in [1.54, 1.807) is 12.1 Å². The predicted octanol–water partition coefficient (Wildman–Crippen LogP) is 1.47. The zero-order chi connectivity index (χ0) is 14.1. The number of likely N-dealkylation sites (tertiary alicyclic amines) is 1. The third kappa shape index (κ3) is 2.41. The van der Waals surface area contributed by atoms with E-state index >= 15 is 0 Å². The lowest BCUT2D eigenvalue weighted by atomic mass is 10.0. The second kappa shape index (κ2) is 5.25. The highest BCUT2D eigenvalue weighted by molar-refractivity contribution is 6.21. The van der Waals surface area contributed by atoms with Gasteiger partial charge in [-0.2, -0.15) is 0 Å². The first kappa shape index (κ1) is 13.1. The fourth-order valence-electron chi connectivity index (χ4n) is 2.92. The molecule has 1 saturated heterocycles. The number of benzene rings is 1. The van der Waals surface area contributed by atoms with Gasteiger partial charge in [0.25, 0.3) is 11.8 Å². The quantitative estimate of drug-likeness (QED) is 0.819. The number of piperidine rings is 1. The van der Waals surface area contributed by atoms with Crippen LogP contribution in [0.25, 0.3) is 0 Å². The van der Waals surface area contributed by atoms with Gasteiger partial charge in [0.15, 0.2) is 0 Å². The van der Waals surface area contributed by atoms with Crippen LogP contribution in [0.4, 0.5) is 5.69 Å². The lowest BCUT2D eigenvalue weighted by Gasteiger charge is -2.32. The number of hydrogen-bond donors (Lipinski definition) is 2. The van der Waals surface area contributed by atoms with E-state index in [1.165, 1.54) is 19.3 Å². The summed E-state index contributed by atoms with van der Waals surface area (Å²) in [5, 5.41) is 5.69. The van der Waals surface area contributed by atoms with Gasteiger partial charge in [0, 0.05) is 18.3 Å². The van der Waals surface area contributed by atoms with E-state index in [2.05, 4.69) is 22.6 Å². The molecule has 20 heavy (non-hydrogen) atoms. The van der Waals surface area contributed by atoms with Crippen molar-refractivity contribution in [3.8, 4) is 0 Å². The molecule has 1 aromatic carbocycles. The Balaban J connectivity index is 1.68. The topological polar surface area (TPSA) is 61.4 Å². The molecule has 1 unspecified atom stereocenters. The largest absolute Gasteiger partial charge is 0.383 e. The summed E-state index contributed by atoms with van der Waals surface area (Å²) in [7, 11) is 2.15. The van der Waals surface area contributed by atoms with Crippen molar-refractivity contribution in [2.24, 2.45) is 0 Å². The van der Waals surface area contributed by atoms with Crippen molar-refractivity contribution in [2.45, 2.75) is 25.3 Å². The summed E-state index contributed by atoms with van der Waals surface area (Å²) in [5.41, 5.74) is 1.83. The summed E-state index contributed by atoms with van der Waals surface area (Å²) in [6.07, 6.45) is 3.75. The van der Waals surface area contributed by atoms with Gasteiger partial charge in [-0.15, -0.1) is 0 Å². The van der Waals surface area contributed by atoms with Crippen molar-refractivity contribution in [3.63, 3.8) is 0 Å². The fraction of sp³-hybridized carbons (Fsp3) is 0.467. The second-order valence-corrected chi connectivity index (χ2v) is 5.55. The molecule has 2 heterocycles. The molecule has 2 N–H and O–H groups in total. The summed E-state index contributed by atoms with van der Waals surface area (Å²) in [5.74, 6) is -0.605. The van der Waals surface area contributed by atoms with E-state index in [4.69, 9.17) is 0 Å². The average Bonchev–Trinajstić information content (AvgIpc) is 2.73. The number of carbonyl (C=O) groups is 2. The summed E-state index contributed by atoms with van der Waals surface area (Å²) in [4.78, 5) is 25.5. The molecule has 0 bridgehead atoms. The molecule has 0 aromatic heterocycles. The SMILES string of the molecule is CN1CCCCC1CNc1ccc2c(c1)C(=O)NC2=O. The van der Waals surface area contributed by atoms with E-state index < -0.39 is 0 Å². The number of hydrogen-bond acceptors (Lipinski definition) is 4. The average molecular weight is 273 g/mol. The van der Waals surface area contributed by atoms with Crippen molar-refractivity contribution in [2.75, 3.05) is 25.5 Å². The maximum atomic E-state index is 11.6. The third-order valence-electron chi connectivity index (χ3n) is 4.20. The van der Waals surface area contributed by atoms with Gasteiger partial charge < -0.3 is 10.2 Å². The van der Waals surface area contributed by atoms with E-state index in [9.17, 15) is 9.59 Å². The van der Waals surface area contributed by atoms with E-state index in [-0.39, 0.29) is 11.8 Å². The van der Waals surface area contributed by atoms with E-state index in [1.807, 2.05) is 6.07 Å². The smallest absolute Gasteiger partial charge is 0.259 e. The van der Waals surface area contributed by atoms with Crippen LogP contribution in [0.3, 0.4) is 0 Å². The standard InChI is InChI=1S/C15H19N3O2/c1-18-7-3-2-4-11(18)9-16-10-5-6-12-13(8-10)15(20)17-14(12)19/h5-6,8,11,16H,2-4,7,9H2,1H3,(H,17,19,20). The molecular weight excluding hydrogens is 254 g/mol. The molecule has 0 radical (unpaired) electrons. The second-order valence-electron chi connectivity index (χ2n) is 5.55. The molecular formula is C15H19N3O2. The number of likely N-dealkylation sites (N-methyl/N-ethyl adjacent to an activating group) is 1. The fourth-order valence-corrected chi connectivity index (χ4v) is 2.92. The van der Waals surface area contributed by atoms with E-state index in [0.29, 0.717) is 17.2 Å². The first-order chi connectivity index (χ1) is 9.65. The molecule has 2 aliphatic rings. The van der Waals surface area contributed by atoms with Crippen LogP contribution < -0.4 is 10.6 Å². The third-order valence-corrected chi connectivity index (χ3v) is 4.20. The van der Waals surface area contributed by atoms with Crippen LogP contribution in [-0.4, -0.2) is 42.9 Å². The molecule has 0 aliphatic carbocycles. The monoisotopic (exact) mass is 273 g/mol. The Labute approximate surface area is 118 Å². The lowest BCUT2D eigenvalue weighted by Crippen LogP contribution is -2.40. The summed E-state index contributed by atoms with van der Waals surface area (Å²) in [6.45, 7) is 2.01. The van der Waals surface area contributed by atoms with Crippen molar-refractivity contribution < 1.29 is 9.59 Å². The van der Waals surface area contributed by atoms with Gasteiger partial charge in [0.1, 0.15) is 0 Å². The van der Waals surface area contributed by atoms with Gasteiger partial charge in [-0.25, -0.2) is 0 Å². The Morgan fingerprint density at radius 2 is 2.05 bits per heavy atom. The molecule has 1 atom stereocenters. The van der Waals surface area contributed by atoms with Crippen molar-refractivity contribution in [3.05, 3.63) is 29.3 Å².